The summed E-state index contributed by atoms with van der Waals surface area (Å²) in [5, 5.41) is 4.04. The van der Waals surface area contributed by atoms with Gasteiger partial charge in [-0.1, -0.05) is 6.92 Å². The van der Waals surface area contributed by atoms with E-state index in [4.69, 9.17) is 0 Å². The summed E-state index contributed by atoms with van der Waals surface area (Å²) in [5.41, 5.74) is 8.67. The number of rotatable bonds is 5. The highest BCUT2D eigenvalue weighted by Gasteiger charge is 2.36. The number of nitrogens with one attached hydrogen (secondary N) is 1. The molecule has 1 aliphatic heterocycles. The van der Waals surface area contributed by atoms with Crippen molar-refractivity contribution in [3.8, 4) is 5.69 Å². The molecule has 0 aliphatic carbocycles. The number of nitrogens with zero attached hydrogens (tertiary/aromatic N) is 3. The van der Waals surface area contributed by atoms with Crippen LogP contribution >= 0.6 is 0 Å². The zero-order chi connectivity index (χ0) is 24.6. The Bertz CT molecular complexity index is 1220. The van der Waals surface area contributed by atoms with E-state index in [-0.39, 0.29) is 17.3 Å². The molecule has 5 nitrogen and oxygen atoms in total. The normalized spacial score (nSPS) is 17.1. The molecular weight excluding hydrogens is 427 g/mol. The fraction of sp³-hybridized carbons (Fsp3) is 0.357. The molecular formula is C28H33FN4O. The fourth-order valence-corrected chi connectivity index (χ4v) is 5.28. The van der Waals surface area contributed by atoms with Crippen LogP contribution in [0.4, 0.5) is 10.1 Å². The highest BCUT2D eigenvalue weighted by Crippen LogP contribution is 2.43. The summed E-state index contributed by atoms with van der Waals surface area (Å²) in [6.45, 7) is 13.6. The minimum absolute atomic E-state index is 0.0223. The number of carbonyl (C=O) groups excluding carboxylic acids is 1. The standard InChI is InChI=1S/C28H33FN4O/c1-7-32-26-15-25(29)22(14-24(26)18(2)16-28(32,5)6)17-30-31-27(34)21-10-12-23(13-11-21)33-19(3)8-9-20(33)4/h8-15,17-18H,7,16H2,1-6H3,(H,31,34)/b30-17-. The first-order valence-corrected chi connectivity index (χ1v) is 11.8. The van der Waals surface area contributed by atoms with Crippen LogP contribution in [-0.4, -0.2) is 28.8 Å². The van der Waals surface area contributed by atoms with Gasteiger partial charge in [-0.2, -0.15) is 5.10 Å². The second kappa shape index (κ2) is 9.09. The van der Waals surface area contributed by atoms with Crippen molar-refractivity contribution in [2.45, 2.75) is 59.4 Å². The Morgan fingerprint density at radius 1 is 1.15 bits per heavy atom. The van der Waals surface area contributed by atoms with Crippen LogP contribution in [0.15, 0.2) is 53.6 Å². The van der Waals surface area contributed by atoms with Gasteiger partial charge in [0.05, 0.1) is 6.21 Å². The van der Waals surface area contributed by atoms with Gasteiger partial charge in [0.15, 0.2) is 0 Å². The molecule has 1 amide bonds. The average Bonchev–Trinajstić information content (AvgIpc) is 3.12. The van der Waals surface area contributed by atoms with Gasteiger partial charge in [0.2, 0.25) is 0 Å². The molecule has 1 N–H and O–H groups in total. The van der Waals surface area contributed by atoms with Crippen molar-refractivity contribution in [3.63, 3.8) is 0 Å². The van der Waals surface area contributed by atoms with E-state index in [0.29, 0.717) is 17.0 Å². The van der Waals surface area contributed by atoms with Crippen molar-refractivity contribution in [1.82, 2.24) is 9.99 Å². The molecule has 1 unspecified atom stereocenters. The molecule has 0 radical (unpaired) electrons. The number of carbonyl (C=O) groups is 1. The molecule has 2 heterocycles. The topological polar surface area (TPSA) is 49.6 Å². The Morgan fingerprint density at radius 2 is 1.79 bits per heavy atom. The first-order chi connectivity index (χ1) is 16.1. The predicted octanol–water partition coefficient (Wildman–Crippen LogP) is 6.11. The third-order valence-electron chi connectivity index (χ3n) is 6.85. The van der Waals surface area contributed by atoms with Crippen molar-refractivity contribution < 1.29 is 9.18 Å². The van der Waals surface area contributed by atoms with Crippen molar-refractivity contribution in [1.29, 1.82) is 0 Å². The van der Waals surface area contributed by atoms with Crippen LogP contribution in [0.5, 0.6) is 0 Å². The van der Waals surface area contributed by atoms with Crippen LogP contribution in [0.25, 0.3) is 5.69 Å². The van der Waals surface area contributed by atoms with E-state index in [1.807, 2.05) is 32.0 Å². The predicted molar refractivity (Wildman–Crippen MR) is 137 cm³/mol. The summed E-state index contributed by atoms with van der Waals surface area (Å²) >= 11 is 0. The number of aromatic nitrogens is 1. The van der Waals surface area contributed by atoms with E-state index >= 15 is 0 Å². The van der Waals surface area contributed by atoms with Crippen molar-refractivity contribution in [2.75, 3.05) is 11.4 Å². The highest BCUT2D eigenvalue weighted by atomic mass is 19.1. The van der Waals surface area contributed by atoms with E-state index in [1.165, 1.54) is 6.21 Å². The van der Waals surface area contributed by atoms with E-state index in [2.05, 4.69) is 59.8 Å². The van der Waals surface area contributed by atoms with Crippen LogP contribution in [0.3, 0.4) is 0 Å². The summed E-state index contributed by atoms with van der Waals surface area (Å²) < 4.78 is 17.1. The lowest BCUT2D eigenvalue weighted by Gasteiger charge is -2.47. The highest BCUT2D eigenvalue weighted by molar-refractivity contribution is 5.95. The van der Waals surface area contributed by atoms with Crippen LogP contribution in [0, 0.1) is 19.7 Å². The van der Waals surface area contributed by atoms with Gasteiger partial charge in [0.1, 0.15) is 5.82 Å². The maximum atomic E-state index is 14.9. The number of aryl methyl sites for hydroxylation is 2. The Labute approximate surface area is 201 Å². The lowest BCUT2D eigenvalue weighted by atomic mass is 9.79. The molecule has 3 aromatic rings. The molecule has 1 aliphatic rings. The van der Waals surface area contributed by atoms with Gasteiger partial charge < -0.3 is 9.47 Å². The molecule has 34 heavy (non-hydrogen) atoms. The number of hydrazone groups is 1. The van der Waals surface area contributed by atoms with Gasteiger partial charge in [-0.25, -0.2) is 9.82 Å². The quantitative estimate of drug-likeness (QED) is 0.369. The molecule has 0 bridgehead atoms. The summed E-state index contributed by atoms with van der Waals surface area (Å²) in [4.78, 5) is 14.8. The van der Waals surface area contributed by atoms with Crippen LogP contribution in [-0.2, 0) is 0 Å². The van der Waals surface area contributed by atoms with Gasteiger partial charge in [-0.3, -0.25) is 4.79 Å². The third kappa shape index (κ3) is 4.37. The summed E-state index contributed by atoms with van der Waals surface area (Å²) in [5.74, 6) is -0.377. The van der Waals surface area contributed by atoms with Crippen molar-refractivity contribution in [3.05, 3.63) is 82.4 Å². The molecule has 1 aromatic heterocycles. The number of benzene rings is 2. The van der Waals surface area contributed by atoms with Crippen molar-refractivity contribution >= 4 is 17.8 Å². The van der Waals surface area contributed by atoms with Gasteiger partial charge in [0, 0.05) is 46.0 Å². The Hall–Kier alpha value is -3.41. The third-order valence-corrected chi connectivity index (χ3v) is 6.85. The first kappa shape index (κ1) is 23.7. The Kier molecular flexibility index (Phi) is 6.34. The second-order valence-corrected chi connectivity index (χ2v) is 9.79. The zero-order valence-corrected chi connectivity index (χ0v) is 20.8. The molecule has 178 valence electrons. The zero-order valence-electron chi connectivity index (χ0n) is 20.8. The molecule has 4 rings (SSSR count). The first-order valence-electron chi connectivity index (χ1n) is 11.8. The van der Waals surface area contributed by atoms with Gasteiger partial charge in [0.25, 0.3) is 5.91 Å². The minimum atomic E-state index is -0.345. The number of hydrogen-bond donors (Lipinski definition) is 1. The van der Waals surface area contributed by atoms with Crippen LogP contribution in [0.2, 0.25) is 0 Å². The maximum Gasteiger partial charge on any atom is 0.271 e. The number of hydrogen-bond acceptors (Lipinski definition) is 3. The van der Waals surface area contributed by atoms with Crippen LogP contribution < -0.4 is 10.3 Å². The molecule has 0 spiro atoms. The summed E-state index contributed by atoms with van der Waals surface area (Å²) in [6.07, 6.45) is 2.38. The van der Waals surface area contributed by atoms with Crippen molar-refractivity contribution in [2.24, 2.45) is 5.10 Å². The lowest BCUT2D eigenvalue weighted by Crippen LogP contribution is -2.48. The molecule has 0 saturated carbocycles. The van der Waals surface area contributed by atoms with E-state index in [0.717, 1.165) is 41.3 Å². The maximum absolute atomic E-state index is 14.9. The average molecular weight is 461 g/mol. The lowest BCUT2D eigenvalue weighted by molar-refractivity contribution is 0.0955. The molecule has 0 saturated heterocycles. The number of anilines is 1. The van der Waals surface area contributed by atoms with E-state index < -0.39 is 0 Å². The number of fused-ring (bicyclic) bond motifs is 1. The Balaban J connectivity index is 1.50. The monoisotopic (exact) mass is 460 g/mol. The Morgan fingerprint density at radius 3 is 2.41 bits per heavy atom. The van der Waals surface area contributed by atoms with E-state index in [9.17, 15) is 9.18 Å². The number of amides is 1. The molecule has 1 atom stereocenters. The summed E-state index contributed by atoms with van der Waals surface area (Å²) in [6, 6.07) is 14.9. The molecule has 2 aromatic carbocycles. The number of halogens is 1. The summed E-state index contributed by atoms with van der Waals surface area (Å²) in [7, 11) is 0. The van der Waals surface area contributed by atoms with Gasteiger partial charge >= 0.3 is 0 Å². The van der Waals surface area contributed by atoms with E-state index in [1.54, 1.807) is 18.2 Å². The van der Waals surface area contributed by atoms with Crippen LogP contribution in [0.1, 0.15) is 72.9 Å². The smallest absolute Gasteiger partial charge is 0.271 e. The second-order valence-electron chi connectivity index (χ2n) is 9.79. The minimum Gasteiger partial charge on any atom is -0.366 e. The van der Waals surface area contributed by atoms with Gasteiger partial charge in [-0.05, 0) is 101 Å². The fourth-order valence-electron chi connectivity index (χ4n) is 5.28. The largest absolute Gasteiger partial charge is 0.366 e. The van der Waals surface area contributed by atoms with Gasteiger partial charge in [-0.15, -0.1) is 0 Å². The SMILES string of the molecule is CCN1c2cc(F)c(/C=N\NC(=O)c3ccc(-n4c(C)ccc4C)cc3)cc2C(C)CC1(C)C. The molecule has 0 fully saturated rings. The molecule has 6 heteroatoms.